The number of aromatic nitrogens is 3. The lowest BCUT2D eigenvalue weighted by atomic mass is 10.1. The minimum atomic E-state index is -0.424. The second-order valence-corrected chi connectivity index (χ2v) is 5.43. The summed E-state index contributed by atoms with van der Waals surface area (Å²) in [4.78, 5) is 0. The second-order valence-electron chi connectivity index (χ2n) is 4.64. The van der Waals surface area contributed by atoms with Gasteiger partial charge in [0, 0.05) is 17.0 Å². The zero-order valence-corrected chi connectivity index (χ0v) is 12.8. The second kappa shape index (κ2) is 5.98. The maximum atomic E-state index is 13.9. The molecule has 0 aliphatic rings. The van der Waals surface area contributed by atoms with E-state index in [-0.39, 0.29) is 6.42 Å². The van der Waals surface area contributed by atoms with Crippen molar-refractivity contribution in [3.8, 4) is 5.69 Å². The minimum Gasteiger partial charge on any atom is -0.272 e. The molecule has 0 radical (unpaired) electrons. The molecule has 2 aromatic carbocycles. The molecule has 0 aliphatic carbocycles. The van der Waals surface area contributed by atoms with Crippen LogP contribution in [0.25, 0.3) is 5.69 Å². The van der Waals surface area contributed by atoms with Crippen LogP contribution in [0.15, 0.2) is 42.5 Å². The van der Waals surface area contributed by atoms with Crippen molar-refractivity contribution in [3.05, 3.63) is 75.3 Å². The van der Waals surface area contributed by atoms with Gasteiger partial charge in [-0.15, -0.1) is 0 Å². The zero-order valence-electron chi connectivity index (χ0n) is 11.2. The van der Waals surface area contributed by atoms with Crippen LogP contribution in [0.4, 0.5) is 8.78 Å². The van der Waals surface area contributed by atoms with Gasteiger partial charge in [0.15, 0.2) is 4.77 Å². The molecule has 22 heavy (non-hydrogen) atoms. The molecule has 0 bridgehead atoms. The Balaban J connectivity index is 2.09. The fourth-order valence-electron chi connectivity index (χ4n) is 2.19. The molecule has 0 saturated heterocycles. The Morgan fingerprint density at radius 3 is 2.68 bits per heavy atom. The first-order valence-corrected chi connectivity index (χ1v) is 7.20. The van der Waals surface area contributed by atoms with E-state index < -0.39 is 11.6 Å². The SMILES string of the molecule is Fc1cccc(-n2c(Cc3c(F)cccc3Cl)n[nH]c2=S)c1. The topological polar surface area (TPSA) is 33.6 Å². The van der Waals surface area contributed by atoms with Gasteiger partial charge >= 0.3 is 0 Å². The van der Waals surface area contributed by atoms with Gasteiger partial charge in [0.2, 0.25) is 0 Å². The first-order valence-electron chi connectivity index (χ1n) is 6.41. The van der Waals surface area contributed by atoms with Crippen LogP contribution < -0.4 is 0 Å². The van der Waals surface area contributed by atoms with Gasteiger partial charge in [-0.25, -0.2) is 8.78 Å². The standard InChI is InChI=1S/C15H10ClF2N3S/c16-12-5-2-6-13(18)11(12)8-14-19-20-15(22)21(14)10-4-1-3-9(17)7-10/h1-7H,8H2,(H,20,22). The molecule has 1 heterocycles. The Morgan fingerprint density at radius 1 is 1.18 bits per heavy atom. The molecule has 1 N–H and O–H groups in total. The molecule has 0 amide bonds. The van der Waals surface area contributed by atoms with Crippen molar-refractivity contribution < 1.29 is 8.78 Å². The van der Waals surface area contributed by atoms with Gasteiger partial charge in [0.25, 0.3) is 0 Å². The predicted molar refractivity (Wildman–Crippen MR) is 82.9 cm³/mol. The Kier molecular flexibility index (Phi) is 4.04. The monoisotopic (exact) mass is 337 g/mol. The summed E-state index contributed by atoms with van der Waals surface area (Å²) in [6.45, 7) is 0. The van der Waals surface area contributed by atoms with Crippen LogP contribution in [-0.2, 0) is 6.42 Å². The number of benzene rings is 2. The van der Waals surface area contributed by atoms with Crippen LogP contribution in [-0.4, -0.2) is 14.8 Å². The summed E-state index contributed by atoms with van der Waals surface area (Å²) in [6.07, 6.45) is 0.134. The van der Waals surface area contributed by atoms with Crippen molar-refractivity contribution in [2.24, 2.45) is 0 Å². The molecule has 0 saturated carbocycles. The number of hydrogen-bond acceptors (Lipinski definition) is 2. The Bertz CT molecular complexity index is 868. The normalized spacial score (nSPS) is 10.9. The van der Waals surface area contributed by atoms with Gasteiger partial charge in [-0.1, -0.05) is 23.7 Å². The minimum absolute atomic E-state index is 0.134. The first-order chi connectivity index (χ1) is 10.6. The number of halogens is 3. The fourth-order valence-corrected chi connectivity index (χ4v) is 2.68. The number of nitrogens with zero attached hydrogens (tertiary/aromatic N) is 2. The highest BCUT2D eigenvalue weighted by Crippen LogP contribution is 2.23. The van der Waals surface area contributed by atoms with E-state index in [4.69, 9.17) is 23.8 Å². The molecule has 3 aromatic rings. The van der Waals surface area contributed by atoms with Crippen molar-refractivity contribution in [2.75, 3.05) is 0 Å². The van der Waals surface area contributed by atoms with E-state index in [1.54, 1.807) is 22.8 Å². The molecular formula is C15H10ClF2N3S. The van der Waals surface area contributed by atoms with E-state index in [2.05, 4.69) is 10.2 Å². The molecule has 1 aromatic heterocycles. The quantitative estimate of drug-likeness (QED) is 0.716. The first kappa shape index (κ1) is 14.9. The highest BCUT2D eigenvalue weighted by atomic mass is 35.5. The third-order valence-electron chi connectivity index (χ3n) is 3.20. The zero-order chi connectivity index (χ0) is 15.7. The molecule has 112 valence electrons. The van der Waals surface area contributed by atoms with Gasteiger partial charge in [-0.05, 0) is 42.5 Å². The van der Waals surface area contributed by atoms with Crippen molar-refractivity contribution in [2.45, 2.75) is 6.42 Å². The summed E-state index contributed by atoms with van der Waals surface area (Å²) < 4.78 is 29.2. The average Bonchev–Trinajstić information content (AvgIpc) is 2.84. The molecular weight excluding hydrogens is 328 g/mol. The molecule has 3 rings (SSSR count). The maximum absolute atomic E-state index is 13.9. The summed E-state index contributed by atoms with van der Waals surface area (Å²) in [5, 5.41) is 7.04. The lowest BCUT2D eigenvalue weighted by molar-refractivity contribution is 0.611. The molecule has 0 fully saturated rings. The predicted octanol–water partition coefficient (Wildman–Crippen LogP) is 4.45. The molecule has 0 atom stereocenters. The van der Waals surface area contributed by atoms with E-state index in [0.717, 1.165) is 0 Å². The van der Waals surface area contributed by atoms with E-state index >= 15 is 0 Å². The van der Waals surface area contributed by atoms with E-state index in [9.17, 15) is 8.78 Å². The van der Waals surface area contributed by atoms with Crippen molar-refractivity contribution in [3.63, 3.8) is 0 Å². The maximum Gasteiger partial charge on any atom is 0.199 e. The van der Waals surface area contributed by atoms with Crippen molar-refractivity contribution >= 4 is 23.8 Å². The number of hydrogen-bond donors (Lipinski definition) is 1. The summed E-state index contributed by atoms with van der Waals surface area (Å²) >= 11 is 11.2. The van der Waals surface area contributed by atoms with Gasteiger partial charge in [0.1, 0.15) is 17.5 Å². The molecule has 0 unspecified atom stereocenters. The van der Waals surface area contributed by atoms with Crippen molar-refractivity contribution in [1.82, 2.24) is 14.8 Å². The molecule has 7 heteroatoms. The smallest absolute Gasteiger partial charge is 0.199 e. The van der Waals surface area contributed by atoms with Crippen LogP contribution in [0.2, 0.25) is 5.02 Å². The van der Waals surface area contributed by atoms with Gasteiger partial charge < -0.3 is 0 Å². The summed E-state index contributed by atoms with van der Waals surface area (Å²) in [5.74, 6) is -0.370. The average molecular weight is 338 g/mol. The van der Waals surface area contributed by atoms with Gasteiger partial charge in [-0.2, -0.15) is 5.10 Å². The number of nitrogens with one attached hydrogen (secondary N) is 1. The third-order valence-corrected chi connectivity index (χ3v) is 3.83. The van der Waals surface area contributed by atoms with Crippen LogP contribution >= 0.6 is 23.8 Å². The van der Waals surface area contributed by atoms with Crippen LogP contribution in [0.5, 0.6) is 0 Å². The Hall–Kier alpha value is -2.05. The number of aromatic amines is 1. The van der Waals surface area contributed by atoms with E-state index in [1.807, 2.05) is 0 Å². The lowest BCUT2D eigenvalue weighted by Crippen LogP contribution is -2.04. The fraction of sp³-hybridized carbons (Fsp3) is 0.0667. The summed E-state index contributed by atoms with van der Waals surface area (Å²) in [6, 6.07) is 10.4. The van der Waals surface area contributed by atoms with E-state index in [0.29, 0.717) is 26.9 Å². The highest BCUT2D eigenvalue weighted by Gasteiger charge is 2.14. The molecule has 0 spiro atoms. The Labute approximate surface area is 135 Å². The molecule has 0 aliphatic heterocycles. The molecule has 3 nitrogen and oxygen atoms in total. The van der Waals surface area contributed by atoms with Crippen LogP contribution in [0.1, 0.15) is 11.4 Å². The number of H-pyrrole nitrogens is 1. The Morgan fingerprint density at radius 2 is 1.95 bits per heavy atom. The highest BCUT2D eigenvalue weighted by molar-refractivity contribution is 7.71. The van der Waals surface area contributed by atoms with Crippen molar-refractivity contribution in [1.29, 1.82) is 0 Å². The van der Waals surface area contributed by atoms with Gasteiger partial charge in [-0.3, -0.25) is 9.67 Å². The van der Waals surface area contributed by atoms with E-state index in [1.165, 1.54) is 24.3 Å². The van der Waals surface area contributed by atoms with Crippen LogP contribution in [0.3, 0.4) is 0 Å². The number of rotatable bonds is 3. The third kappa shape index (κ3) is 2.80. The largest absolute Gasteiger partial charge is 0.272 e. The van der Waals surface area contributed by atoms with Crippen LogP contribution in [0, 0.1) is 16.4 Å². The summed E-state index contributed by atoms with van der Waals surface area (Å²) in [7, 11) is 0. The van der Waals surface area contributed by atoms with Gasteiger partial charge in [0.05, 0.1) is 5.69 Å². The summed E-state index contributed by atoms with van der Waals surface area (Å²) in [5.41, 5.74) is 0.831. The lowest BCUT2D eigenvalue weighted by Gasteiger charge is -2.09.